The third kappa shape index (κ3) is 4.58. The molecule has 0 atom stereocenters. The van der Waals surface area contributed by atoms with Gasteiger partial charge < -0.3 is 5.32 Å². The maximum Gasteiger partial charge on any atom is 0.187 e. The van der Waals surface area contributed by atoms with E-state index in [1.807, 2.05) is 26.4 Å². The van der Waals surface area contributed by atoms with Crippen molar-refractivity contribution in [3.63, 3.8) is 0 Å². The van der Waals surface area contributed by atoms with Gasteiger partial charge in [-0.1, -0.05) is 11.8 Å². The summed E-state index contributed by atoms with van der Waals surface area (Å²) in [5.74, 6) is 1.10. The Kier molecular flexibility index (Phi) is 5.56. The molecule has 4 heteroatoms. The fourth-order valence-electron chi connectivity index (χ4n) is 1.02. The molecule has 0 aliphatic carbocycles. The van der Waals surface area contributed by atoms with E-state index in [4.69, 9.17) is 0 Å². The third-order valence-electron chi connectivity index (χ3n) is 1.81. The molecule has 0 spiro atoms. The molecular weight excluding hydrogens is 194 g/mol. The molecule has 1 N–H and O–H groups in total. The van der Waals surface area contributed by atoms with E-state index in [9.17, 15) is 0 Å². The Morgan fingerprint density at radius 1 is 1.29 bits per heavy atom. The van der Waals surface area contributed by atoms with E-state index >= 15 is 0 Å². The predicted octanol–water partition coefficient (Wildman–Crippen LogP) is 1.88. The van der Waals surface area contributed by atoms with Gasteiger partial charge in [0.05, 0.1) is 0 Å². The smallest absolute Gasteiger partial charge is 0.187 e. The van der Waals surface area contributed by atoms with E-state index in [2.05, 4.69) is 15.3 Å². The summed E-state index contributed by atoms with van der Waals surface area (Å²) in [4.78, 5) is 8.46. The minimum atomic E-state index is 0.889. The number of hydrogen-bond acceptors (Lipinski definition) is 4. The molecule has 0 unspecified atom stereocenters. The highest BCUT2D eigenvalue weighted by atomic mass is 32.2. The molecule has 0 aromatic carbocycles. The van der Waals surface area contributed by atoms with Crippen molar-refractivity contribution in [2.75, 3.05) is 19.3 Å². The molecule has 0 aliphatic rings. The molecule has 0 fully saturated rings. The summed E-state index contributed by atoms with van der Waals surface area (Å²) in [5.41, 5.74) is 1.12. The normalized spacial score (nSPS) is 10.4. The second-order valence-electron chi connectivity index (χ2n) is 3.20. The highest BCUT2D eigenvalue weighted by Crippen LogP contribution is 2.13. The molecule has 14 heavy (non-hydrogen) atoms. The van der Waals surface area contributed by atoms with Crippen LogP contribution in [0.1, 0.15) is 18.4 Å². The van der Waals surface area contributed by atoms with Gasteiger partial charge in [-0.05, 0) is 38.9 Å². The number of aromatic nitrogens is 2. The molecule has 0 aliphatic heterocycles. The Balaban J connectivity index is 2.15. The first-order valence-corrected chi connectivity index (χ1v) is 5.87. The van der Waals surface area contributed by atoms with Gasteiger partial charge in [0, 0.05) is 18.1 Å². The van der Waals surface area contributed by atoms with Crippen molar-refractivity contribution in [2.45, 2.75) is 24.9 Å². The SMILES string of the molecule is CNCCCCSc1ncc(C)cn1. The van der Waals surface area contributed by atoms with E-state index in [-0.39, 0.29) is 0 Å². The van der Waals surface area contributed by atoms with Gasteiger partial charge in [-0.2, -0.15) is 0 Å². The third-order valence-corrected chi connectivity index (χ3v) is 2.77. The van der Waals surface area contributed by atoms with Crippen molar-refractivity contribution in [2.24, 2.45) is 0 Å². The number of aryl methyl sites for hydroxylation is 1. The first-order valence-electron chi connectivity index (χ1n) is 4.89. The van der Waals surface area contributed by atoms with Crippen LogP contribution in [0.5, 0.6) is 0 Å². The number of rotatable bonds is 6. The Labute approximate surface area is 89.7 Å². The van der Waals surface area contributed by atoms with Crippen LogP contribution in [0.2, 0.25) is 0 Å². The van der Waals surface area contributed by atoms with E-state index < -0.39 is 0 Å². The standard InChI is InChI=1S/C10H17N3S/c1-9-7-12-10(13-8-9)14-6-4-3-5-11-2/h7-8,11H,3-6H2,1-2H3. The Hall–Kier alpha value is -0.610. The molecule has 1 aromatic heterocycles. The van der Waals surface area contributed by atoms with Crippen molar-refractivity contribution in [1.29, 1.82) is 0 Å². The van der Waals surface area contributed by atoms with E-state index in [0.717, 1.165) is 23.0 Å². The summed E-state index contributed by atoms with van der Waals surface area (Å²) in [7, 11) is 1.98. The summed E-state index contributed by atoms with van der Waals surface area (Å²) < 4.78 is 0. The highest BCUT2D eigenvalue weighted by Gasteiger charge is 1.96. The minimum absolute atomic E-state index is 0.889. The van der Waals surface area contributed by atoms with Crippen LogP contribution in [0.3, 0.4) is 0 Å². The van der Waals surface area contributed by atoms with Crippen LogP contribution < -0.4 is 5.32 Å². The zero-order valence-electron chi connectivity index (χ0n) is 8.79. The maximum absolute atomic E-state index is 4.23. The second-order valence-corrected chi connectivity index (χ2v) is 4.26. The first kappa shape index (κ1) is 11.5. The number of hydrogen-bond donors (Lipinski definition) is 1. The summed E-state index contributed by atoms with van der Waals surface area (Å²) in [6.45, 7) is 3.09. The molecule has 0 saturated heterocycles. The monoisotopic (exact) mass is 211 g/mol. The summed E-state index contributed by atoms with van der Waals surface area (Å²) in [6, 6.07) is 0. The molecule has 3 nitrogen and oxygen atoms in total. The van der Waals surface area contributed by atoms with Gasteiger partial charge in [-0.25, -0.2) is 9.97 Å². The van der Waals surface area contributed by atoms with Crippen LogP contribution in [0, 0.1) is 6.92 Å². The molecule has 78 valence electrons. The molecule has 0 amide bonds. The zero-order chi connectivity index (χ0) is 10.2. The largest absolute Gasteiger partial charge is 0.320 e. The average molecular weight is 211 g/mol. The molecular formula is C10H17N3S. The van der Waals surface area contributed by atoms with Gasteiger partial charge in [0.1, 0.15) is 0 Å². The number of nitrogens with one attached hydrogen (secondary N) is 1. The van der Waals surface area contributed by atoms with Crippen molar-refractivity contribution < 1.29 is 0 Å². The fourth-order valence-corrected chi connectivity index (χ4v) is 1.81. The Morgan fingerprint density at radius 2 is 2.00 bits per heavy atom. The lowest BCUT2D eigenvalue weighted by atomic mass is 10.3. The molecule has 0 saturated carbocycles. The predicted molar refractivity (Wildman–Crippen MR) is 60.7 cm³/mol. The van der Waals surface area contributed by atoms with Crippen LogP contribution >= 0.6 is 11.8 Å². The lowest BCUT2D eigenvalue weighted by Crippen LogP contribution is -2.07. The summed E-state index contributed by atoms with van der Waals surface area (Å²) >= 11 is 1.73. The Morgan fingerprint density at radius 3 is 2.64 bits per heavy atom. The van der Waals surface area contributed by atoms with E-state index in [1.54, 1.807) is 11.8 Å². The molecule has 1 rings (SSSR count). The second kappa shape index (κ2) is 6.79. The maximum atomic E-state index is 4.23. The van der Waals surface area contributed by atoms with Crippen LogP contribution in [0.15, 0.2) is 17.6 Å². The number of thioether (sulfide) groups is 1. The fraction of sp³-hybridized carbons (Fsp3) is 0.600. The van der Waals surface area contributed by atoms with Gasteiger partial charge in [-0.15, -0.1) is 0 Å². The summed E-state index contributed by atoms with van der Waals surface area (Å²) in [5, 5.41) is 4.02. The van der Waals surface area contributed by atoms with Crippen molar-refractivity contribution in [3.05, 3.63) is 18.0 Å². The minimum Gasteiger partial charge on any atom is -0.320 e. The van der Waals surface area contributed by atoms with Crippen molar-refractivity contribution >= 4 is 11.8 Å². The van der Waals surface area contributed by atoms with Crippen molar-refractivity contribution in [1.82, 2.24) is 15.3 Å². The lowest BCUT2D eigenvalue weighted by Gasteiger charge is -2.00. The number of unbranched alkanes of at least 4 members (excludes halogenated alkanes) is 1. The van der Waals surface area contributed by atoms with Gasteiger partial charge in [0.15, 0.2) is 5.16 Å². The molecule has 1 heterocycles. The molecule has 1 aromatic rings. The topological polar surface area (TPSA) is 37.8 Å². The van der Waals surface area contributed by atoms with E-state index in [0.29, 0.717) is 0 Å². The van der Waals surface area contributed by atoms with Crippen LogP contribution in [0.25, 0.3) is 0 Å². The highest BCUT2D eigenvalue weighted by molar-refractivity contribution is 7.99. The number of nitrogens with zero attached hydrogens (tertiary/aromatic N) is 2. The van der Waals surface area contributed by atoms with Crippen LogP contribution in [-0.4, -0.2) is 29.3 Å². The van der Waals surface area contributed by atoms with Gasteiger partial charge in [0.2, 0.25) is 0 Å². The molecule has 0 bridgehead atoms. The quantitative estimate of drug-likeness (QED) is 0.443. The first-order chi connectivity index (χ1) is 6.83. The van der Waals surface area contributed by atoms with Gasteiger partial charge in [0.25, 0.3) is 0 Å². The van der Waals surface area contributed by atoms with E-state index in [1.165, 1.54) is 12.8 Å². The average Bonchev–Trinajstić information content (AvgIpc) is 2.21. The summed E-state index contributed by atoms with van der Waals surface area (Å²) in [6.07, 6.45) is 6.16. The lowest BCUT2D eigenvalue weighted by molar-refractivity contribution is 0.714. The van der Waals surface area contributed by atoms with Gasteiger partial charge in [-0.3, -0.25) is 0 Å². The molecule has 0 radical (unpaired) electrons. The van der Waals surface area contributed by atoms with Crippen molar-refractivity contribution in [3.8, 4) is 0 Å². The van der Waals surface area contributed by atoms with Crippen LogP contribution in [0.4, 0.5) is 0 Å². The van der Waals surface area contributed by atoms with Crippen LogP contribution in [-0.2, 0) is 0 Å². The zero-order valence-corrected chi connectivity index (χ0v) is 9.60. The Bertz CT molecular complexity index is 248. The van der Waals surface area contributed by atoms with Gasteiger partial charge >= 0.3 is 0 Å².